The normalized spacial score (nSPS) is 11.1. The second kappa shape index (κ2) is 7.87. The van der Waals surface area contributed by atoms with Crippen molar-refractivity contribution in [1.82, 2.24) is 5.32 Å². The topological polar surface area (TPSA) is 88.8 Å². The zero-order valence-corrected chi connectivity index (χ0v) is 14.4. The van der Waals surface area contributed by atoms with Crippen molar-refractivity contribution >= 4 is 21.6 Å². The Hall–Kier alpha value is -2.48. The first-order valence-electron chi connectivity index (χ1n) is 7.31. The number of hydrogen-bond acceptors (Lipinski definition) is 5. The average molecular weight is 352 g/mol. The van der Waals surface area contributed by atoms with Crippen LogP contribution in [0.3, 0.4) is 0 Å². The van der Waals surface area contributed by atoms with E-state index in [-0.39, 0.29) is 25.4 Å². The second-order valence-corrected chi connectivity index (χ2v) is 7.05. The van der Waals surface area contributed by atoms with Gasteiger partial charge >= 0.3 is 0 Å². The van der Waals surface area contributed by atoms with Crippen LogP contribution in [0.2, 0.25) is 0 Å². The van der Waals surface area contributed by atoms with Gasteiger partial charge in [0.15, 0.2) is 0 Å². The summed E-state index contributed by atoms with van der Waals surface area (Å²) in [6, 6.07) is 10.2. The highest BCUT2D eigenvalue weighted by atomic mass is 32.2. The van der Waals surface area contributed by atoms with Crippen molar-refractivity contribution in [3.05, 3.63) is 48.4 Å². The van der Waals surface area contributed by atoms with Gasteiger partial charge in [0.2, 0.25) is 15.9 Å². The van der Waals surface area contributed by atoms with Crippen molar-refractivity contribution in [3.8, 4) is 5.75 Å². The molecule has 0 aliphatic carbocycles. The third kappa shape index (κ3) is 5.02. The molecule has 0 bridgehead atoms. The Bertz CT molecular complexity index is 772. The monoisotopic (exact) mass is 352 g/mol. The molecule has 0 atom stereocenters. The molecule has 0 aliphatic heterocycles. The standard InChI is InChI=1S/C16H20N2O5S/c1-22-14-6-3-5-13(11-14)18(24(2,20)21)9-8-16(19)17-12-15-7-4-10-23-15/h3-7,10-11H,8-9,12H2,1-2H3,(H,17,19). The molecule has 7 nitrogen and oxygen atoms in total. The fourth-order valence-corrected chi connectivity index (χ4v) is 3.06. The summed E-state index contributed by atoms with van der Waals surface area (Å²) in [6.07, 6.45) is 2.66. The van der Waals surface area contributed by atoms with Crippen molar-refractivity contribution in [3.63, 3.8) is 0 Å². The van der Waals surface area contributed by atoms with Crippen LogP contribution in [0.5, 0.6) is 5.75 Å². The van der Waals surface area contributed by atoms with Gasteiger partial charge in [0.05, 0.1) is 31.9 Å². The maximum atomic E-state index is 12.0. The number of rotatable bonds is 8. The minimum atomic E-state index is -3.52. The van der Waals surface area contributed by atoms with E-state index in [0.717, 1.165) is 6.26 Å². The maximum Gasteiger partial charge on any atom is 0.232 e. The van der Waals surface area contributed by atoms with Crippen LogP contribution >= 0.6 is 0 Å². The van der Waals surface area contributed by atoms with Gasteiger partial charge in [0, 0.05) is 19.0 Å². The SMILES string of the molecule is COc1cccc(N(CCC(=O)NCc2ccco2)S(C)(=O)=O)c1. The predicted octanol–water partition coefficient (Wildman–Crippen LogP) is 1.76. The minimum Gasteiger partial charge on any atom is -0.497 e. The van der Waals surface area contributed by atoms with E-state index >= 15 is 0 Å². The van der Waals surface area contributed by atoms with Crippen LogP contribution in [-0.4, -0.2) is 34.2 Å². The van der Waals surface area contributed by atoms with E-state index in [1.807, 2.05) is 0 Å². The van der Waals surface area contributed by atoms with E-state index < -0.39 is 10.0 Å². The lowest BCUT2D eigenvalue weighted by atomic mass is 10.3. The minimum absolute atomic E-state index is 0.0327. The summed E-state index contributed by atoms with van der Waals surface area (Å²) in [4.78, 5) is 11.9. The first-order chi connectivity index (χ1) is 11.4. The Kier molecular flexibility index (Phi) is 5.86. The highest BCUT2D eigenvalue weighted by molar-refractivity contribution is 7.92. The van der Waals surface area contributed by atoms with Crippen LogP contribution < -0.4 is 14.4 Å². The van der Waals surface area contributed by atoms with Gasteiger partial charge in [-0.1, -0.05) is 6.07 Å². The molecule has 0 saturated heterocycles. The molecule has 0 radical (unpaired) electrons. The first kappa shape index (κ1) is 17.9. The van der Waals surface area contributed by atoms with E-state index in [9.17, 15) is 13.2 Å². The Morgan fingerprint density at radius 3 is 2.71 bits per heavy atom. The first-order valence-corrected chi connectivity index (χ1v) is 9.16. The number of methoxy groups -OCH3 is 1. The van der Waals surface area contributed by atoms with Gasteiger partial charge in [0.1, 0.15) is 11.5 Å². The molecule has 1 aromatic heterocycles. The summed E-state index contributed by atoms with van der Waals surface area (Å²) in [5, 5.41) is 2.69. The molecular weight excluding hydrogens is 332 g/mol. The van der Waals surface area contributed by atoms with E-state index in [2.05, 4.69) is 5.32 Å². The van der Waals surface area contributed by atoms with E-state index in [1.54, 1.807) is 36.4 Å². The van der Waals surface area contributed by atoms with Crippen LogP contribution in [0.15, 0.2) is 47.1 Å². The number of amides is 1. The van der Waals surface area contributed by atoms with Crippen LogP contribution in [0.25, 0.3) is 0 Å². The highest BCUT2D eigenvalue weighted by Crippen LogP contribution is 2.23. The molecule has 1 aromatic carbocycles. The van der Waals surface area contributed by atoms with E-state index in [4.69, 9.17) is 9.15 Å². The predicted molar refractivity (Wildman–Crippen MR) is 90.4 cm³/mol. The van der Waals surface area contributed by atoms with Crippen LogP contribution in [0.4, 0.5) is 5.69 Å². The molecule has 24 heavy (non-hydrogen) atoms. The molecule has 0 fully saturated rings. The molecule has 1 amide bonds. The zero-order chi connectivity index (χ0) is 17.6. The quantitative estimate of drug-likeness (QED) is 0.782. The molecular formula is C16H20N2O5S. The molecule has 0 aliphatic rings. The number of ether oxygens (including phenoxy) is 1. The fraction of sp³-hybridized carbons (Fsp3) is 0.312. The lowest BCUT2D eigenvalue weighted by Crippen LogP contribution is -2.34. The molecule has 2 aromatic rings. The van der Waals surface area contributed by atoms with Crippen molar-refractivity contribution in [2.24, 2.45) is 0 Å². The molecule has 1 N–H and O–H groups in total. The second-order valence-electron chi connectivity index (χ2n) is 5.14. The lowest BCUT2D eigenvalue weighted by molar-refractivity contribution is -0.121. The number of carbonyl (C=O) groups excluding carboxylic acids is 1. The van der Waals surface area contributed by atoms with Crippen LogP contribution in [0.1, 0.15) is 12.2 Å². The van der Waals surface area contributed by atoms with Gasteiger partial charge in [-0.2, -0.15) is 0 Å². The van der Waals surface area contributed by atoms with Crippen molar-refractivity contribution in [2.45, 2.75) is 13.0 Å². The Balaban J connectivity index is 2.00. The van der Waals surface area contributed by atoms with Gasteiger partial charge < -0.3 is 14.5 Å². The number of nitrogens with one attached hydrogen (secondary N) is 1. The Morgan fingerprint density at radius 2 is 2.08 bits per heavy atom. The van der Waals surface area contributed by atoms with Gasteiger partial charge in [0.25, 0.3) is 0 Å². The number of sulfonamides is 1. The third-order valence-corrected chi connectivity index (χ3v) is 4.52. The number of nitrogens with zero attached hydrogens (tertiary/aromatic N) is 1. The van der Waals surface area contributed by atoms with Gasteiger partial charge in [-0.15, -0.1) is 0 Å². The van der Waals surface area contributed by atoms with Crippen molar-refractivity contribution in [1.29, 1.82) is 0 Å². The van der Waals surface area contributed by atoms with Gasteiger partial charge in [-0.3, -0.25) is 9.10 Å². The maximum absolute atomic E-state index is 12.0. The van der Waals surface area contributed by atoms with E-state index in [1.165, 1.54) is 17.7 Å². The van der Waals surface area contributed by atoms with E-state index in [0.29, 0.717) is 17.2 Å². The summed E-state index contributed by atoms with van der Waals surface area (Å²) in [5.74, 6) is 0.919. The summed E-state index contributed by atoms with van der Waals surface area (Å²) in [6.45, 7) is 0.305. The summed E-state index contributed by atoms with van der Waals surface area (Å²) < 4.78 is 35.5. The Labute approximate surface area is 141 Å². The highest BCUT2D eigenvalue weighted by Gasteiger charge is 2.19. The summed E-state index contributed by atoms with van der Waals surface area (Å²) in [5.41, 5.74) is 0.454. The summed E-state index contributed by atoms with van der Waals surface area (Å²) >= 11 is 0. The largest absolute Gasteiger partial charge is 0.497 e. The number of anilines is 1. The molecule has 0 unspecified atom stereocenters. The van der Waals surface area contributed by atoms with Crippen LogP contribution in [-0.2, 0) is 21.4 Å². The average Bonchev–Trinajstić information content (AvgIpc) is 3.05. The molecule has 0 spiro atoms. The lowest BCUT2D eigenvalue weighted by Gasteiger charge is -2.22. The van der Waals surface area contributed by atoms with Crippen molar-refractivity contribution < 1.29 is 22.4 Å². The number of benzene rings is 1. The van der Waals surface area contributed by atoms with Crippen LogP contribution in [0, 0.1) is 0 Å². The summed E-state index contributed by atoms with van der Waals surface area (Å²) in [7, 11) is -2.01. The van der Waals surface area contributed by atoms with Gasteiger partial charge in [-0.25, -0.2) is 8.42 Å². The van der Waals surface area contributed by atoms with Gasteiger partial charge in [-0.05, 0) is 24.3 Å². The molecule has 2 rings (SSSR count). The Morgan fingerprint density at radius 1 is 1.29 bits per heavy atom. The molecule has 130 valence electrons. The van der Waals surface area contributed by atoms with Crippen molar-refractivity contribution in [2.75, 3.05) is 24.2 Å². The number of hydrogen-bond donors (Lipinski definition) is 1. The zero-order valence-electron chi connectivity index (χ0n) is 13.6. The molecule has 1 heterocycles. The number of furan rings is 1. The third-order valence-electron chi connectivity index (χ3n) is 3.32. The fourth-order valence-electron chi connectivity index (χ4n) is 2.14. The number of carbonyl (C=O) groups is 1. The molecule has 0 saturated carbocycles. The molecule has 8 heteroatoms. The smallest absolute Gasteiger partial charge is 0.232 e.